The van der Waals surface area contributed by atoms with Gasteiger partial charge in [-0.15, -0.1) is 11.3 Å². The van der Waals surface area contributed by atoms with Crippen LogP contribution in [-0.4, -0.2) is 16.1 Å². The Kier molecular flexibility index (Phi) is 2.98. The van der Waals surface area contributed by atoms with Crippen LogP contribution in [0.1, 0.15) is 10.4 Å². The Morgan fingerprint density at radius 3 is 2.89 bits per heavy atom. The second-order valence-corrected chi connectivity index (χ2v) is 5.13. The first-order valence-electron chi connectivity index (χ1n) is 5.66. The normalized spacial score (nSPS) is 10.6. The zero-order valence-electron chi connectivity index (χ0n) is 9.83. The molecule has 1 amide bonds. The molecule has 2 heterocycles. The number of amides is 1. The van der Waals surface area contributed by atoms with E-state index >= 15 is 0 Å². The Balaban J connectivity index is 2.09. The molecule has 0 spiro atoms. The van der Waals surface area contributed by atoms with Gasteiger partial charge in [0.15, 0.2) is 0 Å². The fourth-order valence-corrected chi connectivity index (χ4v) is 2.93. The lowest BCUT2D eigenvalue weighted by Gasteiger charge is -1.97. The number of hydrogen-bond acceptors (Lipinski definition) is 4. The van der Waals surface area contributed by atoms with Gasteiger partial charge in [-0.05, 0) is 35.7 Å². The fourth-order valence-electron chi connectivity index (χ4n) is 1.90. The molecule has 0 radical (unpaired) electrons. The van der Waals surface area contributed by atoms with E-state index in [0.29, 0.717) is 5.56 Å². The Morgan fingerprint density at radius 2 is 2.16 bits per heavy atom. The van der Waals surface area contributed by atoms with E-state index in [0.717, 1.165) is 20.5 Å². The number of pyridine rings is 1. The molecule has 94 valence electrons. The van der Waals surface area contributed by atoms with Crippen LogP contribution in [0.4, 0.5) is 0 Å². The molecule has 0 aliphatic carbocycles. The Labute approximate surface area is 113 Å². The largest absolute Gasteiger partial charge is 0.288 e. The number of benzene rings is 1. The number of rotatable bonds is 2. The van der Waals surface area contributed by atoms with Gasteiger partial charge in [0.25, 0.3) is 5.91 Å². The fraction of sp³-hybridized carbons (Fsp3) is 0. The van der Waals surface area contributed by atoms with Crippen molar-refractivity contribution < 1.29 is 10.0 Å². The molecule has 2 aromatic heterocycles. The quantitative estimate of drug-likeness (QED) is 0.555. The summed E-state index contributed by atoms with van der Waals surface area (Å²) in [6.45, 7) is 0. The summed E-state index contributed by atoms with van der Waals surface area (Å²) in [4.78, 5) is 16.6. The smallest absolute Gasteiger partial charge is 0.274 e. The second-order valence-electron chi connectivity index (χ2n) is 4.05. The Morgan fingerprint density at radius 1 is 1.26 bits per heavy atom. The number of nitrogens with one attached hydrogen (secondary N) is 1. The van der Waals surface area contributed by atoms with Gasteiger partial charge in [-0.1, -0.05) is 6.07 Å². The highest BCUT2D eigenvalue weighted by atomic mass is 32.1. The van der Waals surface area contributed by atoms with Crippen molar-refractivity contribution in [1.82, 2.24) is 10.5 Å². The molecular weight excluding hydrogens is 260 g/mol. The lowest BCUT2D eigenvalue weighted by Crippen LogP contribution is -2.18. The van der Waals surface area contributed by atoms with Gasteiger partial charge in [0.1, 0.15) is 0 Å². The summed E-state index contributed by atoms with van der Waals surface area (Å²) < 4.78 is 1.09. The summed E-state index contributed by atoms with van der Waals surface area (Å²) in [7, 11) is 0. The molecule has 2 N–H and O–H groups in total. The maximum Gasteiger partial charge on any atom is 0.274 e. The van der Waals surface area contributed by atoms with Crippen molar-refractivity contribution in [2.24, 2.45) is 0 Å². The first-order valence-corrected chi connectivity index (χ1v) is 6.48. The standard InChI is InChI=1S/C14H10N2O2S/c17-14(16-18)9-3-4-12-11(6-9)7-13(19-12)10-2-1-5-15-8-10/h1-8,18H,(H,16,17). The summed E-state index contributed by atoms with van der Waals surface area (Å²) in [5, 5.41) is 9.62. The summed E-state index contributed by atoms with van der Waals surface area (Å²) >= 11 is 1.64. The van der Waals surface area contributed by atoms with Gasteiger partial charge in [0, 0.05) is 33.1 Å². The maximum absolute atomic E-state index is 11.4. The summed E-state index contributed by atoms with van der Waals surface area (Å²) in [6, 6.07) is 11.2. The predicted molar refractivity (Wildman–Crippen MR) is 74.3 cm³/mol. The molecule has 1 aromatic carbocycles. The van der Waals surface area contributed by atoms with E-state index in [9.17, 15) is 4.79 Å². The first-order chi connectivity index (χ1) is 9.28. The topological polar surface area (TPSA) is 62.2 Å². The van der Waals surface area contributed by atoms with E-state index in [1.54, 1.807) is 35.1 Å². The van der Waals surface area contributed by atoms with E-state index in [2.05, 4.69) is 4.98 Å². The van der Waals surface area contributed by atoms with Gasteiger partial charge in [-0.2, -0.15) is 0 Å². The van der Waals surface area contributed by atoms with Crippen molar-refractivity contribution >= 4 is 27.3 Å². The molecule has 0 bridgehead atoms. The number of thiophene rings is 1. The third-order valence-corrected chi connectivity index (χ3v) is 3.99. The lowest BCUT2D eigenvalue weighted by atomic mass is 10.1. The molecule has 5 heteroatoms. The average Bonchev–Trinajstić information content (AvgIpc) is 2.90. The van der Waals surface area contributed by atoms with Crippen molar-refractivity contribution in [3.63, 3.8) is 0 Å². The molecule has 0 aliphatic heterocycles. The molecule has 0 fully saturated rings. The van der Waals surface area contributed by atoms with Crippen molar-refractivity contribution in [1.29, 1.82) is 0 Å². The van der Waals surface area contributed by atoms with Crippen LogP contribution < -0.4 is 5.48 Å². The van der Waals surface area contributed by atoms with Crippen molar-refractivity contribution in [2.45, 2.75) is 0 Å². The molecular formula is C14H10N2O2S. The number of nitrogens with zero attached hydrogens (tertiary/aromatic N) is 1. The number of hydroxylamine groups is 1. The van der Waals surface area contributed by atoms with E-state index in [1.165, 1.54) is 0 Å². The summed E-state index contributed by atoms with van der Waals surface area (Å²) in [5.74, 6) is -0.504. The number of aromatic nitrogens is 1. The minimum atomic E-state index is -0.504. The second kappa shape index (κ2) is 4.79. The van der Waals surface area contributed by atoms with E-state index < -0.39 is 5.91 Å². The lowest BCUT2D eigenvalue weighted by molar-refractivity contribution is 0.0706. The van der Waals surface area contributed by atoms with Gasteiger partial charge in [-0.25, -0.2) is 5.48 Å². The van der Waals surface area contributed by atoms with Crippen LogP contribution >= 0.6 is 11.3 Å². The summed E-state index contributed by atoms with van der Waals surface area (Å²) in [6.07, 6.45) is 3.55. The van der Waals surface area contributed by atoms with Gasteiger partial charge in [0.2, 0.25) is 0 Å². The molecule has 3 aromatic rings. The molecule has 0 saturated carbocycles. The molecule has 4 nitrogen and oxygen atoms in total. The van der Waals surface area contributed by atoms with Gasteiger partial charge in [-0.3, -0.25) is 15.0 Å². The van der Waals surface area contributed by atoms with Crippen LogP contribution in [0.25, 0.3) is 20.5 Å². The SMILES string of the molecule is O=C(NO)c1ccc2sc(-c3cccnc3)cc2c1. The Hall–Kier alpha value is -2.24. The van der Waals surface area contributed by atoms with Crippen molar-refractivity contribution in [3.8, 4) is 10.4 Å². The van der Waals surface area contributed by atoms with Gasteiger partial charge < -0.3 is 0 Å². The monoisotopic (exact) mass is 270 g/mol. The molecule has 3 rings (SSSR count). The van der Waals surface area contributed by atoms with Crippen LogP contribution in [0.5, 0.6) is 0 Å². The van der Waals surface area contributed by atoms with Crippen LogP contribution in [0, 0.1) is 0 Å². The molecule has 0 atom stereocenters. The molecule has 19 heavy (non-hydrogen) atoms. The molecule has 0 saturated heterocycles. The number of carbonyl (C=O) groups excluding carboxylic acids is 1. The number of fused-ring (bicyclic) bond motifs is 1. The first kappa shape index (κ1) is 11.8. The number of carbonyl (C=O) groups is 1. The van der Waals surface area contributed by atoms with Crippen molar-refractivity contribution in [2.75, 3.05) is 0 Å². The van der Waals surface area contributed by atoms with Gasteiger partial charge in [0.05, 0.1) is 0 Å². The zero-order valence-corrected chi connectivity index (χ0v) is 10.6. The third kappa shape index (κ3) is 2.21. The number of hydrogen-bond donors (Lipinski definition) is 2. The van der Waals surface area contributed by atoms with E-state index in [-0.39, 0.29) is 0 Å². The van der Waals surface area contributed by atoms with Crippen LogP contribution in [0.15, 0.2) is 48.8 Å². The van der Waals surface area contributed by atoms with Gasteiger partial charge >= 0.3 is 0 Å². The van der Waals surface area contributed by atoms with Crippen LogP contribution in [-0.2, 0) is 0 Å². The minimum Gasteiger partial charge on any atom is -0.288 e. The maximum atomic E-state index is 11.4. The summed E-state index contributed by atoms with van der Waals surface area (Å²) in [5.41, 5.74) is 3.13. The van der Waals surface area contributed by atoms with Crippen molar-refractivity contribution in [3.05, 3.63) is 54.4 Å². The van der Waals surface area contributed by atoms with E-state index in [1.807, 2.05) is 30.5 Å². The van der Waals surface area contributed by atoms with E-state index in [4.69, 9.17) is 5.21 Å². The highest BCUT2D eigenvalue weighted by molar-refractivity contribution is 7.22. The molecule has 0 unspecified atom stereocenters. The highest BCUT2D eigenvalue weighted by Gasteiger charge is 2.08. The molecule has 0 aliphatic rings. The zero-order chi connectivity index (χ0) is 13.2. The predicted octanol–water partition coefficient (Wildman–Crippen LogP) is 3.08. The third-order valence-electron chi connectivity index (χ3n) is 2.83. The highest BCUT2D eigenvalue weighted by Crippen LogP contribution is 2.33. The Bertz CT molecular complexity index is 738. The van der Waals surface area contributed by atoms with Crippen LogP contribution in [0.2, 0.25) is 0 Å². The average molecular weight is 270 g/mol. The minimum absolute atomic E-state index is 0.436. The van der Waals surface area contributed by atoms with Crippen LogP contribution in [0.3, 0.4) is 0 Å².